The molecule has 2 aromatic carbocycles. The molecule has 0 bridgehead atoms. The summed E-state index contributed by atoms with van der Waals surface area (Å²) in [5.74, 6) is -1.47. The van der Waals surface area contributed by atoms with Crippen molar-refractivity contribution in [2.75, 3.05) is 18.1 Å². The van der Waals surface area contributed by atoms with Crippen molar-refractivity contribution < 1.29 is 26.7 Å². The molecule has 0 aromatic heterocycles. The smallest absolute Gasteiger partial charge is 0.261 e. The number of carbonyl (C=O) groups excluding carboxylic acids is 1. The van der Waals surface area contributed by atoms with Gasteiger partial charge in [-0.05, 0) is 42.8 Å². The van der Waals surface area contributed by atoms with E-state index in [0.29, 0.717) is 0 Å². The van der Waals surface area contributed by atoms with Crippen molar-refractivity contribution in [3.63, 3.8) is 0 Å². The summed E-state index contributed by atoms with van der Waals surface area (Å²) in [6.07, 6.45) is 0.261. The summed E-state index contributed by atoms with van der Waals surface area (Å²) in [5, 5.41) is 0.151. The standard InChI is InChI=1S/C19H18ClF2NO4S/c20-17-2-1-3-18(22)16(17)10-23(14-8-9-28(25,26)12-14)19(24)11-27-15-6-4-13(21)5-7-15/h1-7,14H,8-12H2. The largest absolute Gasteiger partial charge is 0.484 e. The van der Waals surface area contributed by atoms with Crippen LogP contribution >= 0.6 is 11.6 Å². The highest BCUT2D eigenvalue weighted by Crippen LogP contribution is 2.25. The molecule has 1 amide bonds. The van der Waals surface area contributed by atoms with Gasteiger partial charge < -0.3 is 9.64 Å². The molecule has 28 heavy (non-hydrogen) atoms. The fraction of sp³-hybridized carbons (Fsp3) is 0.316. The lowest BCUT2D eigenvalue weighted by atomic mass is 10.1. The maximum atomic E-state index is 14.2. The molecule has 2 aromatic rings. The fourth-order valence-corrected chi connectivity index (χ4v) is 5.01. The van der Waals surface area contributed by atoms with Gasteiger partial charge in [0.25, 0.3) is 5.91 Å². The number of halogens is 3. The molecule has 0 aliphatic carbocycles. The van der Waals surface area contributed by atoms with E-state index < -0.39 is 40.0 Å². The first-order chi connectivity index (χ1) is 13.2. The van der Waals surface area contributed by atoms with Gasteiger partial charge in [-0.2, -0.15) is 0 Å². The van der Waals surface area contributed by atoms with Crippen LogP contribution in [0.5, 0.6) is 5.75 Å². The first-order valence-electron chi connectivity index (χ1n) is 8.56. The van der Waals surface area contributed by atoms with Crippen molar-refractivity contribution in [3.05, 3.63) is 64.7 Å². The first kappa shape index (κ1) is 20.5. The molecular formula is C19H18ClF2NO4S. The van der Waals surface area contributed by atoms with Crippen LogP contribution in [0.15, 0.2) is 42.5 Å². The number of carbonyl (C=O) groups is 1. The zero-order valence-electron chi connectivity index (χ0n) is 14.8. The third-order valence-corrected chi connectivity index (χ3v) is 6.64. The van der Waals surface area contributed by atoms with E-state index in [1.165, 1.54) is 47.4 Å². The molecule has 3 rings (SSSR count). The second kappa shape index (κ2) is 8.45. The van der Waals surface area contributed by atoms with Gasteiger partial charge in [-0.25, -0.2) is 17.2 Å². The molecule has 150 valence electrons. The molecule has 5 nitrogen and oxygen atoms in total. The Balaban J connectivity index is 1.79. The molecule has 1 fully saturated rings. The minimum atomic E-state index is -3.26. The molecule has 1 unspecified atom stereocenters. The summed E-state index contributed by atoms with van der Waals surface area (Å²) < 4.78 is 56.3. The first-order valence-corrected chi connectivity index (χ1v) is 10.8. The lowest BCUT2D eigenvalue weighted by Crippen LogP contribution is -2.43. The molecule has 1 atom stereocenters. The van der Waals surface area contributed by atoms with Crippen LogP contribution in [-0.4, -0.2) is 43.4 Å². The lowest BCUT2D eigenvalue weighted by molar-refractivity contribution is -0.136. The predicted octanol–water partition coefficient (Wildman–Crippen LogP) is 3.21. The molecule has 0 saturated carbocycles. The number of sulfone groups is 1. The maximum absolute atomic E-state index is 14.2. The zero-order valence-corrected chi connectivity index (χ0v) is 16.3. The van der Waals surface area contributed by atoms with E-state index >= 15 is 0 Å². The molecule has 1 heterocycles. The van der Waals surface area contributed by atoms with Crippen LogP contribution < -0.4 is 4.74 Å². The van der Waals surface area contributed by atoms with Crippen molar-refractivity contribution in [1.82, 2.24) is 4.90 Å². The van der Waals surface area contributed by atoms with Crippen molar-refractivity contribution >= 4 is 27.3 Å². The molecule has 0 N–H and O–H groups in total. The number of hydrogen-bond acceptors (Lipinski definition) is 4. The van der Waals surface area contributed by atoms with Crippen molar-refractivity contribution in [2.24, 2.45) is 0 Å². The average molecular weight is 430 g/mol. The second-order valence-corrected chi connectivity index (χ2v) is 9.16. The highest BCUT2D eigenvalue weighted by atomic mass is 35.5. The van der Waals surface area contributed by atoms with E-state index in [2.05, 4.69) is 0 Å². The Morgan fingerprint density at radius 3 is 2.50 bits per heavy atom. The minimum Gasteiger partial charge on any atom is -0.484 e. The average Bonchev–Trinajstić information content (AvgIpc) is 3.00. The summed E-state index contributed by atoms with van der Waals surface area (Å²) >= 11 is 6.07. The van der Waals surface area contributed by atoms with E-state index in [1.807, 2.05) is 0 Å². The van der Waals surface area contributed by atoms with Gasteiger partial charge in [0.2, 0.25) is 0 Å². The molecule has 9 heteroatoms. The molecule has 0 spiro atoms. The Labute approximate surface area is 166 Å². The van der Waals surface area contributed by atoms with E-state index in [1.54, 1.807) is 0 Å². The third kappa shape index (κ3) is 4.99. The number of ether oxygens (including phenoxy) is 1. The number of amides is 1. The van der Waals surface area contributed by atoms with Crippen LogP contribution in [0.4, 0.5) is 8.78 Å². The molecule has 1 saturated heterocycles. The van der Waals surface area contributed by atoms with E-state index in [9.17, 15) is 22.0 Å². The fourth-order valence-electron chi connectivity index (χ4n) is 3.05. The third-order valence-electron chi connectivity index (χ3n) is 4.54. The van der Waals surface area contributed by atoms with Crippen LogP contribution in [0, 0.1) is 11.6 Å². The Bertz CT molecular complexity index is 946. The number of rotatable bonds is 6. The van der Waals surface area contributed by atoms with E-state index in [-0.39, 0.29) is 40.8 Å². The van der Waals surface area contributed by atoms with Gasteiger partial charge in [-0.3, -0.25) is 4.79 Å². The van der Waals surface area contributed by atoms with Crippen molar-refractivity contribution in [3.8, 4) is 5.75 Å². The topological polar surface area (TPSA) is 63.7 Å². The van der Waals surface area contributed by atoms with Crippen LogP contribution in [0.25, 0.3) is 0 Å². The Morgan fingerprint density at radius 1 is 1.18 bits per heavy atom. The van der Waals surface area contributed by atoms with Crippen molar-refractivity contribution in [2.45, 2.75) is 19.0 Å². The zero-order chi connectivity index (χ0) is 20.3. The van der Waals surface area contributed by atoms with E-state index in [0.717, 1.165) is 0 Å². The second-order valence-electron chi connectivity index (χ2n) is 6.52. The summed E-state index contributed by atoms with van der Waals surface area (Å²) in [6, 6.07) is 8.73. The van der Waals surface area contributed by atoms with Gasteiger partial charge in [0.1, 0.15) is 17.4 Å². The molecule has 0 radical (unpaired) electrons. The Morgan fingerprint density at radius 2 is 1.89 bits per heavy atom. The monoisotopic (exact) mass is 429 g/mol. The lowest BCUT2D eigenvalue weighted by Gasteiger charge is -2.29. The molecule has 1 aliphatic heterocycles. The quantitative estimate of drug-likeness (QED) is 0.707. The molecular weight excluding hydrogens is 412 g/mol. The van der Waals surface area contributed by atoms with E-state index in [4.69, 9.17) is 16.3 Å². The summed E-state index contributed by atoms with van der Waals surface area (Å²) in [5.41, 5.74) is 0.114. The van der Waals surface area contributed by atoms with Gasteiger partial charge in [-0.15, -0.1) is 0 Å². The van der Waals surface area contributed by atoms with Gasteiger partial charge >= 0.3 is 0 Å². The van der Waals surface area contributed by atoms with Crippen LogP contribution in [0.1, 0.15) is 12.0 Å². The van der Waals surface area contributed by atoms with Gasteiger partial charge in [0.05, 0.1) is 18.1 Å². The highest BCUT2D eigenvalue weighted by Gasteiger charge is 2.35. The highest BCUT2D eigenvalue weighted by molar-refractivity contribution is 7.91. The van der Waals surface area contributed by atoms with Gasteiger partial charge in [-0.1, -0.05) is 17.7 Å². The maximum Gasteiger partial charge on any atom is 0.261 e. The van der Waals surface area contributed by atoms with Gasteiger partial charge in [0.15, 0.2) is 16.4 Å². The van der Waals surface area contributed by atoms with Crippen LogP contribution in [-0.2, 0) is 21.2 Å². The van der Waals surface area contributed by atoms with Crippen LogP contribution in [0.3, 0.4) is 0 Å². The summed E-state index contributed by atoms with van der Waals surface area (Å²) in [6.45, 7) is -0.564. The predicted molar refractivity (Wildman–Crippen MR) is 101 cm³/mol. The number of nitrogens with zero attached hydrogens (tertiary/aromatic N) is 1. The number of hydrogen-bond donors (Lipinski definition) is 0. The number of benzene rings is 2. The minimum absolute atomic E-state index is 0.0364. The summed E-state index contributed by atoms with van der Waals surface area (Å²) in [4.78, 5) is 14.1. The Hall–Kier alpha value is -2.19. The van der Waals surface area contributed by atoms with Gasteiger partial charge in [0, 0.05) is 16.6 Å². The van der Waals surface area contributed by atoms with Crippen LogP contribution in [0.2, 0.25) is 5.02 Å². The SMILES string of the molecule is O=C(COc1ccc(F)cc1)N(Cc1c(F)cccc1Cl)C1CCS(=O)(=O)C1. The normalized spacial score (nSPS) is 18.0. The van der Waals surface area contributed by atoms with Crippen molar-refractivity contribution in [1.29, 1.82) is 0 Å². The Kier molecular flexibility index (Phi) is 6.20. The summed E-state index contributed by atoms with van der Waals surface area (Å²) in [7, 11) is -3.26. The molecule has 1 aliphatic rings.